The Labute approximate surface area is 123 Å². The Bertz CT molecular complexity index is 551. The van der Waals surface area contributed by atoms with Crippen LogP contribution in [0.15, 0.2) is 36.9 Å². The molecule has 0 atom stereocenters. The van der Waals surface area contributed by atoms with Gasteiger partial charge in [-0.05, 0) is 25.7 Å². The summed E-state index contributed by atoms with van der Waals surface area (Å²) in [6, 6.07) is 7.19. The topological polar surface area (TPSA) is 8.81 Å². The van der Waals surface area contributed by atoms with Gasteiger partial charge in [0.1, 0.15) is 18.1 Å². The van der Waals surface area contributed by atoms with Crippen molar-refractivity contribution < 1.29 is 4.57 Å². The van der Waals surface area contributed by atoms with E-state index >= 15 is 0 Å². The maximum atomic E-state index is 2.28. The molecule has 0 spiro atoms. The van der Waals surface area contributed by atoms with Gasteiger partial charge in [0.05, 0.1) is 6.04 Å². The van der Waals surface area contributed by atoms with E-state index in [0.717, 1.165) is 0 Å². The summed E-state index contributed by atoms with van der Waals surface area (Å²) < 4.78 is 4.53. The molecular formula is C18H27N2+. The minimum Gasteiger partial charge on any atom is -0.234 e. The third kappa shape index (κ3) is 2.79. The standard InChI is InChI=1S/C18H27N2/c1-13(2)16-8-7-9-17(14(3)4)18(16)20-11-10-19(12-20)15(5)6/h7-15H,1-6H3/q+1. The highest BCUT2D eigenvalue weighted by atomic mass is 15.1. The van der Waals surface area contributed by atoms with E-state index in [1.54, 1.807) is 0 Å². The Balaban J connectivity index is 2.62. The van der Waals surface area contributed by atoms with Gasteiger partial charge in [0.25, 0.3) is 0 Å². The van der Waals surface area contributed by atoms with Crippen LogP contribution in [0.4, 0.5) is 0 Å². The molecular weight excluding hydrogens is 244 g/mol. The predicted octanol–water partition coefficient (Wildman–Crippen LogP) is 4.59. The summed E-state index contributed by atoms with van der Waals surface area (Å²) in [6.45, 7) is 13.5. The second-order valence-electron chi connectivity index (χ2n) is 6.46. The van der Waals surface area contributed by atoms with Gasteiger partial charge >= 0.3 is 0 Å². The summed E-state index contributed by atoms with van der Waals surface area (Å²) in [5, 5.41) is 0. The number of hydrogen-bond acceptors (Lipinski definition) is 0. The van der Waals surface area contributed by atoms with Crippen LogP contribution in [0.25, 0.3) is 5.69 Å². The molecule has 0 saturated heterocycles. The van der Waals surface area contributed by atoms with Crippen LogP contribution in [0.1, 0.15) is 70.5 Å². The first-order valence-electron chi connectivity index (χ1n) is 7.63. The number of imidazole rings is 1. The zero-order chi connectivity index (χ0) is 14.9. The van der Waals surface area contributed by atoms with Gasteiger partial charge in [0.2, 0.25) is 6.33 Å². The van der Waals surface area contributed by atoms with Crippen LogP contribution in [0, 0.1) is 0 Å². The molecule has 0 N–H and O–H groups in total. The molecule has 2 rings (SSSR count). The highest BCUT2D eigenvalue weighted by Gasteiger charge is 2.20. The van der Waals surface area contributed by atoms with Gasteiger partial charge in [0.15, 0.2) is 0 Å². The van der Waals surface area contributed by atoms with Gasteiger partial charge in [-0.15, -0.1) is 0 Å². The van der Waals surface area contributed by atoms with E-state index < -0.39 is 0 Å². The predicted molar refractivity (Wildman–Crippen MR) is 84.5 cm³/mol. The first-order valence-corrected chi connectivity index (χ1v) is 7.63. The van der Waals surface area contributed by atoms with E-state index in [4.69, 9.17) is 0 Å². The van der Waals surface area contributed by atoms with E-state index in [2.05, 4.69) is 87.6 Å². The highest BCUT2D eigenvalue weighted by molar-refractivity contribution is 5.50. The molecule has 0 aliphatic heterocycles. The van der Waals surface area contributed by atoms with Crippen LogP contribution in [0.2, 0.25) is 0 Å². The summed E-state index contributed by atoms with van der Waals surface area (Å²) in [5.41, 5.74) is 4.20. The number of benzene rings is 1. The molecule has 0 amide bonds. The number of para-hydroxylation sites is 1. The highest BCUT2D eigenvalue weighted by Crippen LogP contribution is 2.30. The first kappa shape index (κ1) is 14.8. The van der Waals surface area contributed by atoms with Crippen molar-refractivity contribution in [2.45, 2.75) is 59.4 Å². The van der Waals surface area contributed by atoms with E-state index in [9.17, 15) is 0 Å². The zero-order valence-electron chi connectivity index (χ0n) is 13.6. The van der Waals surface area contributed by atoms with Crippen LogP contribution < -0.4 is 4.57 Å². The molecule has 2 aromatic rings. The van der Waals surface area contributed by atoms with Gasteiger partial charge in [0, 0.05) is 11.1 Å². The SMILES string of the molecule is CC(C)c1cccc(C(C)C)c1-n1cc[n+](C(C)C)c1. The number of aromatic nitrogens is 2. The Morgan fingerprint density at radius 3 is 1.85 bits per heavy atom. The van der Waals surface area contributed by atoms with Crippen molar-refractivity contribution in [2.24, 2.45) is 0 Å². The summed E-state index contributed by atoms with van der Waals surface area (Å²) in [6.07, 6.45) is 6.54. The molecule has 20 heavy (non-hydrogen) atoms. The second-order valence-corrected chi connectivity index (χ2v) is 6.46. The molecule has 1 heterocycles. The molecule has 0 saturated carbocycles. The fraction of sp³-hybridized carbons (Fsp3) is 0.500. The molecule has 1 aromatic heterocycles. The zero-order valence-corrected chi connectivity index (χ0v) is 13.6. The molecule has 0 radical (unpaired) electrons. The van der Waals surface area contributed by atoms with Crippen LogP contribution in [0.5, 0.6) is 0 Å². The average Bonchev–Trinajstić information content (AvgIpc) is 2.87. The lowest BCUT2D eigenvalue weighted by Crippen LogP contribution is -2.33. The van der Waals surface area contributed by atoms with E-state index in [1.165, 1.54) is 16.8 Å². The Morgan fingerprint density at radius 1 is 0.900 bits per heavy atom. The van der Waals surface area contributed by atoms with Crippen molar-refractivity contribution in [3.8, 4) is 5.69 Å². The van der Waals surface area contributed by atoms with Crippen molar-refractivity contribution in [2.75, 3.05) is 0 Å². The molecule has 108 valence electrons. The van der Waals surface area contributed by atoms with Crippen molar-refractivity contribution in [3.05, 3.63) is 48.0 Å². The Hall–Kier alpha value is -1.57. The molecule has 0 fully saturated rings. The van der Waals surface area contributed by atoms with Gasteiger partial charge in [-0.25, -0.2) is 9.13 Å². The largest absolute Gasteiger partial charge is 0.249 e. The van der Waals surface area contributed by atoms with Gasteiger partial charge < -0.3 is 0 Å². The third-order valence-corrected chi connectivity index (χ3v) is 3.85. The van der Waals surface area contributed by atoms with Crippen molar-refractivity contribution in [1.29, 1.82) is 0 Å². The monoisotopic (exact) mass is 271 g/mol. The lowest BCUT2D eigenvalue weighted by atomic mass is 9.92. The van der Waals surface area contributed by atoms with E-state index in [1.807, 2.05) is 0 Å². The molecule has 0 unspecified atom stereocenters. The van der Waals surface area contributed by atoms with Gasteiger partial charge in [-0.1, -0.05) is 45.9 Å². The van der Waals surface area contributed by atoms with Crippen molar-refractivity contribution in [3.63, 3.8) is 0 Å². The summed E-state index contributed by atoms with van der Waals surface area (Å²) >= 11 is 0. The fourth-order valence-corrected chi connectivity index (χ4v) is 2.62. The van der Waals surface area contributed by atoms with Gasteiger partial charge in [-0.2, -0.15) is 0 Å². The van der Waals surface area contributed by atoms with E-state index in [0.29, 0.717) is 17.9 Å². The van der Waals surface area contributed by atoms with Crippen molar-refractivity contribution >= 4 is 0 Å². The smallest absolute Gasteiger partial charge is 0.234 e. The summed E-state index contributed by atoms with van der Waals surface area (Å²) in [5.74, 6) is 1.05. The van der Waals surface area contributed by atoms with E-state index in [-0.39, 0.29) is 0 Å². The first-order chi connectivity index (χ1) is 9.41. The lowest BCUT2D eigenvalue weighted by molar-refractivity contribution is -0.715. The molecule has 2 heteroatoms. The van der Waals surface area contributed by atoms with Crippen LogP contribution in [-0.4, -0.2) is 4.57 Å². The van der Waals surface area contributed by atoms with Crippen LogP contribution in [0.3, 0.4) is 0 Å². The summed E-state index contributed by atoms with van der Waals surface area (Å²) in [7, 11) is 0. The maximum absolute atomic E-state index is 2.28. The Morgan fingerprint density at radius 2 is 1.45 bits per heavy atom. The number of nitrogens with zero attached hydrogens (tertiary/aromatic N) is 2. The molecule has 1 aromatic carbocycles. The third-order valence-electron chi connectivity index (χ3n) is 3.85. The minimum absolute atomic E-state index is 0.491. The molecule has 0 aliphatic carbocycles. The van der Waals surface area contributed by atoms with Crippen LogP contribution >= 0.6 is 0 Å². The number of hydrogen-bond donors (Lipinski definition) is 0. The average molecular weight is 271 g/mol. The number of rotatable bonds is 4. The minimum atomic E-state index is 0.491. The van der Waals surface area contributed by atoms with Crippen LogP contribution in [-0.2, 0) is 0 Å². The normalized spacial score (nSPS) is 11.8. The quantitative estimate of drug-likeness (QED) is 0.719. The fourth-order valence-electron chi connectivity index (χ4n) is 2.62. The molecule has 2 nitrogen and oxygen atoms in total. The van der Waals surface area contributed by atoms with Gasteiger partial charge in [-0.3, -0.25) is 0 Å². The molecule has 0 aliphatic rings. The Kier molecular flexibility index (Phi) is 4.32. The second kappa shape index (κ2) is 5.82. The molecule has 0 bridgehead atoms. The maximum Gasteiger partial charge on any atom is 0.249 e. The summed E-state index contributed by atoms with van der Waals surface area (Å²) in [4.78, 5) is 0. The van der Waals surface area contributed by atoms with Crippen molar-refractivity contribution in [1.82, 2.24) is 4.57 Å². The lowest BCUT2D eigenvalue weighted by Gasteiger charge is -2.16.